The number of hydrogen-bond donors (Lipinski definition) is 0. The summed E-state index contributed by atoms with van der Waals surface area (Å²) in [7, 11) is 0. The summed E-state index contributed by atoms with van der Waals surface area (Å²) >= 11 is 0. The van der Waals surface area contributed by atoms with Gasteiger partial charge < -0.3 is 4.57 Å². The van der Waals surface area contributed by atoms with Crippen molar-refractivity contribution in [2.45, 2.75) is 12.5 Å². The Labute approximate surface area is 370 Å². The molecule has 4 nitrogen and oxygen atoms in total. The molecule has 4 heteroatoms. The van der Waals surface area contributed by atoms with Gasteiger partial charge in [-0.25, -0.2) is 9.98 Å². The van der Waals surface area contributed by atoms with E-state index in [1.807, 2.05) is 0 Å². The molecule has 3 heterocycles. The molecule has 0 N–H and O–H groups in total. The quantitative estimate of drug-likeness (QED) is 0.166. The van der Waals surface area contributed by atoms with E-state index < -0.39 is 0 Å². The van der Waals surface area contributed by atoms with E-state index in [2.05, 4.69) is 234 Å². The molecule has 9 aromatic carbocycles. The standard InChI is InChI=1S/C60H40N4/c1-2-12-39(13-3-1)41-22-25-43(26-23-41)59-51-18-6-9-19-54(51)61-60(62-59)64-56-21-11-8-17-50(56)53-38-47(31-35-58(53)64)46-30-34-57-52(37-46)49-16-7-10-20-55(49)63(57)48-32-28-42(29-33-48)45-27-24-40-14-4-5-15-44(40)36-45/h1-18,20-38,54H,19H2. The van der Waals surface area contributed by atoms with Crippen LogP contribution in [0.15, 0.2) is 240 Å². The third-order valence-corrected chi connectivity index (χ3v) is 13.2. The second-order valence-corrected chi connectivity index (χ2v) is 16.9. The lowest BCUT2D eigenvalue weighted by Crippen LogP contribution is -2.28. The molecular weight excluding hydrogens is 777 g/mol. The van der Waals surface area contributed by atoms with Crippen molar-refractivity contribution in [3.05, 3.63) is 236 Å². The van der Waals surface area contributed by atoms with Crippen LogP contribution in [0.5, 0.6) is 0 Å². The van der Waals surface area contributed by atoms with Crippen molar-refractivity contribution in [2.24, 2.45) is 9.98 Å². The number of fused-ring (bicyclic) bond motifs is 8. The molecule has 300 valence electrons. The molecule has 0 fully saturated rings. The van der Waals surface area contributed by atoms with Crippen molar-refractivity contribution < 1.29 is 0 Å². The Morgan fingerprint density at radius 3 is 1.64 bits per heavy atom. The highest BCUT2D eigenvalue weighted by Crippen LogP contribution is 2.39. The zero-order valence-corrected chi connectivity index (χ0v) is 34.9. The Balaban J connectivity index is 0.893. The fourth-order valence-corrected chi connectivity index (χ4v) is 10.1. The maximum absolute atomic E-state index is 5.41. The largest absolute Gasteiger partial charge is 0.309 e. The topological polar surface area (TPSA) is 34.6 Å². The van der Waals surface area contributed by atoms with E-state index in [0.717, 1.165) is 45.9 Å². The van der Waals surface area contributed by atoms with Gasteiger partial charge in [0.1, 0.15) is 0 Å². The van der Waals surface area contributed by atoms with Gasteiger partial charge in [0, 0.05) is 38.4 Å². The molecule has 2 aromatic heterocycles. The van der Waals surface area contributed by atoms with E-state index in [1.165, 1.54) is 76.7 Å². The van der Waals surface area contributed by atoms with Gasteiger partial charge in [0.15, 0.2) is 0 Å². The minimum Gasteiger partial charge on any atom is -0.309 e. The normalized spacial score (nSPS) is 14.9. The van der Waals surface area contributed by atoms with E-state index in [-0.39, 0.29) is 6.04 Å². The minimum absolute atomic E-state index is 0.00631. The zero-order valence-electron chi connectivity index (χ0n) is 34.9. The molecule has 11 aromatic rings. The van der Waals surface area contributed by atoms with Crippen molar-refractivity contribution in [3.8, 4) is 39.1 Å². The van der Waals surface area contributed by atoms with Crippen molar-refractivity contribution in [3.63, 3.8) is 0 Å². The lowest BCUT2D eigenvalue weighted by Gasteiger charge is -2.25. The number of para-hydroxylation sites is 2. The van der Waals surface area contributed by atoms with Crippen molar-refractivity contribution in [2.75, 3.05) is 0 Å². The molecular formula is C60H40N4. The molecule has 2 aliphatic rings. The fourth-order valence-electron chi connectivity index (χ4n) is 10.1. The highest BCUT2D eigenvalue weighted by atomic mass is 15.2. The van der Waals surface area contributed by atoms with Crippen LogP contribution < -0.4 is 0 Å². The first kappa shape index (κ1) is 36.3. The molecule has 0 bridgehead atoms. The Morgan fingerprint density at radius 1 is 0.391 bits per heavy atom. The molecule has 13 rings (SSSR count). The number of aliphatic imine (C=N–C) groups is 2. The van der Waals surface area contributed by atoms with Crippen LogP contribution in [0.2, 0.25) is 0 Å². The average Bonchev–Trinajstić information content (AvgIpc) is 3.88. The van der Waals surface area contributed by atoms with Gasteiger partial charge in [-0.1, -0.05) is 170 Å². The van der Waals surface area contributed by atoms with Gasteiger partial charge in [-0.05, 0) is 105 Å². The lowest BCUT2D eigenvalue weighted by molar-refractivity contribution is 0.787. The van der Waals surface area contributed by atoms with E-state index in [0.29, 0.717) is 0 Å². The maximum Gasteiger partial charge on any atom is 0.231 e. The summed E-state index contributed by atoms with van der Waals surface area (Å²) in [6, 6.07) is 74.8. The van der Waals surface area contributed by atoms with E-state index in [1.54, 1.807) is 0 Å². The third kappa shape index (κ3) is 5.91. The van der Waals surface area contributed by atoms with Gasteiger partial charge in [0.2, 0.25) is 5.96 Å². The third-order valence-electron chi connectivity index (χ3n) is 13.2. The monoisotopic (exact) mass is 816 g/mol. The SMILES string of the molecule is C1=CCC2N=C(n3c4ccccc4c4cc(-c5ccc6c(c5)c5ccccc5n6-c5ccc(-c6ccc7ccccc7c6)cc5)ccc43)N=C(c3ccc(-c4ccccc4)cc3)C2=C1. The van der Waals surface area contributed by atoms with Gasteiger partial charge in [0.05, 0.1) is 33.8 Å². The highest BCUT2D eigenvalue weighted by Gasteiger charge is 2.28. The number of hydrogen-bond acceptors (Lipinski definition) is 2. The molecule has 0 amide bonds. The maximum atomic E-state index is 5.41. The molecule has 0 radical (unpaired) electrons. The second-order valence-electron chi connectivity index (χ2n) is 16.9. The van der Waals surface area contributed by atoms with Crippen LogP contribution in [0.1, 0.15) is 12.0 Å². The number of allylic oxidation sites excluding steroid dienone is 2. The van der Waals surface area contributed by atoms with Crippen LogP contribution >= 0.6 is 0 Å². The van der Waals surface area contributed by atoms with Crippen LogP contribution in [-0.2, 0) is 0 Å². The molecule has 1 unspecified atom stereocenters. The van der Waals surface area contributed by atoms with Crippen LogP contribution in [-0.4, -0.2) is 26.8 Å². The molecule has 1 atom stereocenters. The smallest absolute Gasteiger partial charge is 0.231 e. The van der Waals surface area contributed by atoms with Crippen LogP contribution in [0.25, 0.3) is 93.5 Å². The Kier molecular flexibility index (Phi) is 8.31. The fraction of sp³-hybridized carbons (Fsp3) is 0.0333. The van der Waals surface area contributed by atoms with Crippen molar-refractivity contribution >= 4 is 66.1 Å². The van der Waals surface area contributed by atoms with Gasteiger partial charge in [-0.15, -0.1) is 0 Å². The summed E-state index contributed by atoms with van der Waals surface area (Å²) < 4.78 is 4.67. The summed E-state index contributed by atoms with van der Waals surface area (Å²) in [5.41, 5.74) is 16.1. The zero-order chi connectivity index (χ0) is 42.1. The molecule has 0 saturated heterocycles. The number of aromatic nitrogens is 2. The van der Waals surface area contributed by atoms with E-state index >= 15 is 0 Å². The van der Waals surface area contributed by atoms with Gasteiger partial charge in [-0.2, -0.15) is 0 Å². The summed E-state index contributed by atoms with van der Waals surface area (Å²) in [6.45, 7) is 0. The van der Waals surface area contributed by atoms with Crippen LogP contribution in [0.3, 0.4) is 0 Å². The molecule has 64 heavy (non-hydrogen) atoms. The summed E-state index contributed by atoms with van der Waals surface area (Å²) in [5, 5.41) is 7.34. The highest BCUT2D eigenvalue weighted by molar-refractivity contribution is 6.23. The predicted molar refractivity (Wildman–Crippen MR) is 269 cm³/mol. The molecule has 1 aliphatic heterocycles. The van der Waals surface area contributed by atoms with Crippen LogP contribution in [0.4, 0.5) is 0 Å². The number of benzene rings is 9. The molecule has 0 saturated carbocycles. The van der Waals surface area contributed by atoms with Crippen molar-refractivity contribution in [1.82, 2.24) is 9.13 Å². The van der Waals surface area contributed by atoms with Crippen molar-refractivity contribution in [1.29, 1.82) is 0 Å². The lowest BCUT2D eigenvalue weighted by atomic mass is 9.90. The number of nitrogens with zero attached hydrogens (tertiary/aromatic N) is 4. The summed E-state index contributed by atoms with van der Waals surface area (Å²) in [6.07, 6.45) is 7.38. The minimum atomic E-state index is -0.00631. The summed E-state index contributed by atoms with van der Waals surface area (Å²) in [5.74, 6) is 0.720. The Bertz CT molecular complexity index is 3780. The first-order valence-corrected chi connectivity index (χ1v) is 22.1. The number of rotatable bonds is 5. The second kappa shape index (κ2) is 14.6. The average molecular weight is 817 g/mol. The van der Waals surface area contributed by atoms with Crippen LogP contribution in [0, 0.1) is 0 Å². The Hall–Kier alpha value is -8.34. The van der Waals surface area contributed by atoms with E-state index in [9.17, 15) is 0 Å². The van der Waals surface area contributed by atoms with Gasteiger partial charge in [0.25, 0.3) is 0 Å². The molecule has 0 spiro atoms. The molecule has 1 aliphatic carbocycles. The van der Waals surface area contributed by atoms with E-state index in [4.69, 9.17) is 9.98 Å². The summed E-state index contributed by atoms with van der Waals surface area (Å²) in [4.78, 5) is 10.8. The van der Waals surface area contributed by atoms with Gasteiger partial charge in [-0.3, -0.25) is 4.57 Å². The first-order valence-electron chi connectivity index (χ1n) is 22.1. The predicted octanol–water partition coefficient (Wildman–Crippen LogP) is 15.0. The Morgan fingerprint density at radius 2 is 0.906 bits per heavy atom. The first-order chi connectivity index (χ1) is 31.7. The van der Waals surface area contributed by atoms with Gasteiger partial charge >= 0.3 is 0 Å².